The first-order chi connectivity index (χ1) is 14.1. The second kappa shape index (κ2) is 7.76. The van der Waals surface area contributed by atoms with Gasteiger partial charge in [-0.25, -0.2) is 0 Å². The summed E-state index contributed by atoms with van der Waals surface area (Å²) in [5, 5.41) is 11.9. The van der Waals surface area contributed by atoms with E-state index in [4.69, 9.17) is 0 Å². The zero-order valence-electron chi connectivity index (χ0n) is 16.9. The lowest BCUT2D eigenvalue weighted by molar-refractivity contribution is 0.102. The van der Waals surface area contributed by atoms with E-state index in [0.717, 1.165) is 40.9 Å². The third-order valence-corrected chi connectivity index (χ3v) is 7.79. The Labute approximate surface area is 179 Å². The number of ketones is 1. The van der Waals surface area contributed by atoms with Crippen LogP contribution in [0.2, 0.25) is 0 Å². The van der Waals surface area contributed by atoms with Crippen molar-refractivity contribution in [2.24, 2.45) is 0 Å². The fraction of sp³-hybridized carbons (Fsp3) is 0.500. The van der Waals surface area contributed by atoms with Crippen molar-refractivity contribution in [1.29, 1.82) is 0 Å². The molecule has 3 aromatic heterocycles. The van der Waals surface area contributed by atoms with Crippen molar-refractivity contribution in [3.63, 3.8) is 0 Å². The minimum absolute atomic E-state index is 0.184. The van der Waals surface area contributed by atoms with Gasteiger partial charge in [0.1, 0.15) is 5.82 Å². The highest BCUT2D eigenvalue weighted by Gasteiger charge is 2.36. The van der Waals surface area contributed by atoms with Crippen LogP contribution in [0.1, 0.15) is 70.1 Å². The number of hydrogen-bond donors (Lipinski definition) is 0. The maximum atomic E-state index is 13.0. The Bertz CT molecular complexity index is 1030. The normalized spacial score (nSPS) is 16.5. The molecular formula is C22H26N4OS2. The number of rotatable bonds is 9. The van der Waals surface area contributed by atoms with Crippen LogP contribution in [0, 0.1) is 13.8 Å². The van der Waals surface area contributed by atoms with Gasteiger partial charge < -0.3 is 9.13 Å². The Morgan fingerprint density at radius 1 is 1.24 bits per heavy atom. The van der Waals surface area contributed by atoms with Gasteiger partial charge in [0.25, 0.3) is 0 Å². The van der Waals surface area contributed by atoms with E-state index in [1.54, 1.807) is 23.1 Å². The second-order valence-corrected chi connectivity index (χ2v) is 10.2. The van der Waals surface area contributed by atoms with Crippen LogP contribution in [0.15, 0.2) is 28.7 Å². The summed E-state index contributed by atoms with van der Waals surface area (Å²) in [6, 6.07) is 6.87. The number of aromatic nitrogens is 4. The van der Waals surface area contributed by atoms with Crippen molar-refractivity contribution < 1.29 is 4.79 Å². The molecule has 5 rings (SSSR count). The third kappa shape index (κ3) is 3.94. The SMILES string of the molecule is Cc1cc(C(=O)CSc2nnc(C3CC3)n2C2CC2)c(C)n1CCc1cccs1. The topological polar surface area (TPSA) is 52.7 Å². The maximum absolute atomic E-state index is 13.0. The van der Waals surface area contributed by atoms with Gasteiger partial charge in [-0.05, 0) is 63.5 Å². The van der Waals surface area contributed by atoms with Gasteiger partial charge in [-0.2, -0.15) is 0 Å². The van der Waals surface area contributed by atoms with Crippen LogP contribution in [0.5, 0.6) is 0 Å². The molecule has 0 saturated heterocycles. The number of nitrogens with zero attached hydrogens (tertiary/aromatic N) is 4. The first-order valence-corrected chi connectivity index (χ1v) is 12.3. The largest absolute Gasteiger partial charge is 0.348 e. The fourth-order valence-corrected chi connectivity index (χ4v) is 5.59. The monoisotopic (exact) mass is 426 g/mol. The molecule has 0 aliphatic heterocycles. The molecule has 7 heteroatoms. The number of thiophene rings is 1. The van der Waals surface area contributed by atoms with Gasteiger partial charge in [-0.1, -0.05) is 17.8 Å². The van der Waals surface area contributed by atoms with Crippen molar-refractivity contribution in [3.05, 3.63) is 51.2 Å². The molecule has 3 aromatic rings. The first-order valence-electron chi connectivity index (χ1n) is 10.4. The van der Waals surface area contributed by atoms with Gasteiger partial charge in [-0.15, -0.1) is 21.5 Å². The smallest absolute Gasteiger partial charge is 0.191 e. The van der Waals surface area contributed by atoms with Gasteiger partial charge >= 0.3 is 0 Å². The average molecular weight is 427 g/mol. The van der Waals surface area contributed by atoms with Crippen molar-refractivity contribution in [1.82, 2.24) is 19.3 Å². The van der Waals surface area contributed by atoms with Crippen molar-refractivity contribution in [2.45, 2.75) is 69.6 Å². The Hall–Kier alpha value is -1.86. The number of carbonyl (C=O) groups is 1. The highest BCUT2D eigenvalue weighted by atomic mass is 32.2. The Kier molecular flexibility index (Phi) is 5.12. The van der Waals surface area contributed by atoms with E-state index in [2.05, 4.69) is 50.7 Å². The minimum Gasteiger partial charge on any atom is -0.348 e. The standard InChI is InChI=1S/C22H26N4OS2/c1-14-12-19(15(2)25(14)10-9-18-4-3-11-28-18)20(27)13-29-22-24-23-21(16-5-6-16)26(22)17-7-8-17/h3-4,11-12,16-17H,5-10,13H2,1-2H3. The summed E-state index contributed by atoms with van der Waals surface area (Å²) in [6.45, 7) is 5.08. The molecule has 2 saturated carbocycles. The van der Waals surface area contributed by atoms with Crippen molar-refractivity contribution in [3.8, 4) is 0 Å². The molecule has 0 N–H and O–H groups in total. The molecule has 2 aliphatic rings. The summed E-state index contributed by atoms with van der Waals surface area (Å²) in [7, 11) is 0. The van der Waals surface area contributed by atoms with E-state index in [9.17, 15) is 4.79 Å². The molecule has 29 heavy (non-hydrogen) atoms. The lowest BCUT2D eigenvalue weighted by Gasteiger charge is -2.09. The lowest BCUT2D eigenvalue weighted by atomic mass is 10.2. The van der Waals surface area contributed by atoms with E-state index in [-0.39, 0.29) is 5.78 Å². The molecule has 5 nitrogen and oxygen atoms in total. The fourth-order valence-electron chi connectivity index (χ4n) is 3.99. The summed E-state index contributed by atoms with van der Waals surface area (Å²) in [5.74, 6) is 2.35. The number of aryl methyl sites for hydroxylation is 2. The molecule has 2 fully saturated rings. The molecule has 0 spiro atoms. The van der Waals surface area contributed by atoms with E-state index in [0.29, 0.717) is 17.7 Å². The lowest BCUT2D eigenvalue weighted by Crippen LogP contribution is -2.09. The van der Waals surface area contributed by atoms with Crippen LogP contribution in [-0.4, -0.2) is 30.9 Å². The number of carbonyl (C=O) groups excluding carboxylic acids is 1. The van der Waals surface area contributed by atoms with Crippen LogP contribution < -0.4 is 0 Å². The highest BCUT2D eigenvalue weighted by molar-refractivity contribution is 7.99. The van der Waals surface area contributed by atoms with E-state index >= 15 is 0 Å². The molecule has 0 amide bonds. The third-order valence-electron chi connectivity index (χ3n) is 5.91. The molecule has 152 valence electrons. The molecule has 0 aromatic carbocycles. The van der Waals surface area contributed by atoms with Crippen LogP contribution in [-0.2, 0) is 13.0 Å². The van der Waals surface area contributed by atoms with E-state index < -0.39 is 0 Å². The van der Waals surface area contributed by atoms with E-state index in [1.807, 2.05) is 6.07 Å². The number of hydrogen-bond acceptors (Lipinski definition) is 5. The van der Waals surface area contributed by atoms with Crippen LogP contribution in [0.4, 0.5) is 0 Å². The molecule has 2 aliphatic carbocycles. The Morgan fingerprint density at radius 3 is 2.76 bits per heavy atom. The summed E-state index contributed by atoms with van der Waals surface area (Å²) in [4.78, 5) is 14.4. The summed E-state index contributed by atoms with van der Waals surface area (Å²) < 4.78 is 4.59. The number of thioether (sulfide) groups is 1. The summed E-state index contributed by atoms with van der Waals surface area (Å²) >= 11 is 3.34. The Balaban J connectivity index is 1.27. The summed E-state index contributed by atoms with van der Waals surface area (Å²) in [5.41, 5.74) is 3.08. The molecule has 0 radical (unpaired) electrons. The zero-order valence-corrected chi connectivity index (χ0v) is 18.6. The predicted octanol–water partition coefficient (Wildman–Crippen LogP) is 5.19. The second-order valence-electron chi connectivity index (χ2n) is 8.19. The number of Topliss-reactive ketones (excluding diaryl/α,β-unsaturated/α-hetero) is 1. The van der Waals surface area contributed by atoms with Crippen molar-refractivity contribution >= 4 is 28.9 Å². The average Bonchev–Trinajstić information content (AvgIpc) is 3.62. The van der Waals surface area contributed by atoms with Gasteiger partial charge in [0.2, 0.25) is 0 Å². The molecule has 0 bridgehead atoms. The quantitative estimate of drug-likeness (QED) is 0.349. The molecule has 3 heterocycles. The minimum atomic E-state index is 0.184. The summed E-state index contributed by atoms with van der Waals surface area (Å²) in [6.07, 6.45) is 5.89. The first kappa shape index (κ1) is 19.1. The zero-order chi connectivity index (χ0) is 20.0. The van der Waals surface area contributed by atoms with Crippen LogP contribution in [0.3, 0.4) is 0 Å². The van der Waals surface area contributed by atoms with Gasteiger partial charge in [0.05, 0.1) is 5.75 Å². The van der Waals surface area contributed by atoms with Crippen LogP contribution in [0.25, 0.3) is 0 Å². The maximum Gasteiger partial charge on any atom is 0.191 e. The molecular weight excluding hydrogens is 400 g/mol. The molecule has 0 unspecified atom stereocenters. The predicted molar refractivity (Wildman–Crippen MR) is 117 cm³/mol. The van der Waals surface area contributed by atoms with Crippen molar-refractivity contribution in [2.75, 3.05) is 5.75 Å². The molecule has 0 atom stereocenters. The van der Waals surface area contributed by atoms with Gasteiger partial charge in [-0.3, -0.25) is 4.79 Å². The van der Waals surface area contributed by atoms with E-state index in [1.165, 1.54) is 30.6 Å². The van der Waals surface area contributed by atoms with Gasteiger partial charge in [0, 0.05) is 40.3 Å². The highest BCUT2D eigenvalue weighted by Crippen LogP contribution is 2.46. The van der Waals surface area contributed by atoms with Crippen LogP contribution >= 0.6 is 23.1 Å². The van der Waals surface area contributed by atoms with Gasteiger partial charge in [0.15, 0.2) is 10.9 Å². The Morgan fingerprint density at radius 2 is 2.07 bits per heavy atom.